The first kappa shape index (κ1) is 13.6. The van der Waals surface area contributed by atoms with Crippen LogP contribution in [0.1, 0.15) is 24.8 Å². The molecule has 22 heavy (non-hydrogen) atoms. The molecule has 0 bridgehead atoms. The second kappa shape index (κ2) is 5.64. The number of hydrogen-bond donors (Lipinski definition) is 0. The summed E-state index contributed by atoms with van der Waals surface area (Å²) in [5.41, 5.74) is 2.37. The van der Waals surface area contributed by atoms with E-state index in [2.05, 4.69) is 12.2 Å². The van der Waals surface area contributed by atoms with Gasteiger partial charge in [-0.15, -0.1) is 0 Å². The highest BCUT2D eigenvalue weighted by Crippen LogP contribution is 2.55. The summed E-state index contributed by atoms with van der Waals surface area (Å²) < 4.78 is 11.2. The van der Waals surface area contributed by atoms with Crippen molar-refractivity contribution >= 4 is 5.97 Å². The van der Waals surface area contributed by atoms with Gasteiger partial charge in [0.05, 0.1) is 12.5 Å². The van der Waals surface area contributed by atoms with Gasteiger partial charge in [0, 0.05) is 6.42 Å². The first-order valence-corrected chi connectivity index (χ1v) is 8.07. The largest absolute Gasteiger partial charge is 0.493 e. The first-order chi connectivity index (χ1) is 10.8. The topological polar surface area (TPSA) is 35.5 Å². The number of carbonyl (C=O) groups is 1. The molecule has 0 amide bonds. The summed E-state index contributed by atoms with van der Waals surface area (Å²) in [7, 11) is 0. The van der Waals surface area contributed by atoms with Crippen molar-refractivity contribution in [3.8, 4) is 0 Å². The molecule has 1 saturated carbocycles. The van der Waals surface area contributed by atoms with Crippen molar-refractivity contribution in [1.82, 2.24) is 0 Å². The third-order valence-electron chi connectivity index (χ3n) is 4.86. The number of fused-ring (bicyclic) bond motifs is 1. The maximum absolute atomic E-state index is 12.3. The Morgan fingerprint density at radius 3 is 2.86 bits per heavy atom. The maximum Gasteiger partial charge on any atom is 0.309 e. The van der Waals surface area contributed by atoms with Crippen molar-refractivity contribution in [3.05, 3.63) is 59.4 Å². The number of benzene rings is 1. The van der Waals surface area contributed by atoms with E-state index in [1.54, 1.807) is 0 Å². The lowest BCUT2D eigenvalue weighted by molar-refractivity contribution is -0.150. The molecule has 3 atom stereocenters. The Morgan fingerprint density at radius 1 is 1.23 bits per heavy atom. The van der Waals surface area contributed by atoms with Crippen LogP contribution >= 0.6 is 0 Å². The average molecular weight is 296 g/mol. The summed E-state index contributed by atoms with van der Waals surface area (Å²) in [4.78, 5) is 12.3. The van der Waals surface area contributed by atoms with Crippen LogP contribution in [0.3, 0.4) is 0 Å². The Balaban J connectivity index is 1.37. The minimum atomic E-state index is -0.0482. The van der Waals surface area contributed by atoms with Gasteiger partial charge < -0.3 is 9.47 Å². The van der Waals surface area contributed by atoms with Gasteiger partial charge in [0.2, 0.25) is 0 Å². The van der Waals surface area contributed by atoms with Crippen LogP contribution in [-0.2, 0) is 20.9 Å². The van der Waals surface area contributed by atoms with Crippen molar-refractivity contribution < 1.29 is 14.3 Å². The van der Waals surface area contributed by atoms with Crippen LogP contribution in [0.2, 0.25) is 0 Å². The summed E-state index contributed by atoms with van der Waals surface area (Å²) >= 11 is 0. The van der Waals surface area contributed by atoms with Gasteiger partial charge in [-0.3, -0.25) is 4.79 Å². The van der Waals surface area contributed by atoms with Crippen LogP contribution in [-0.4, -0.2) is 12.6 Å². The Hall–Kier alpha value is -2.03. The van der Waals surface area contributed by atoms with Gasteiger partial charge in [-0.05, 0) is 41.9 Å². The lowest BCUT2D eigenvalue weighted by Crippen LogP contribution is -2.22. The highest BCUT2D eigenvalue weighted by Gasteiger charge is 2.51. The fraction of sp³-hybridized carbons (Fsp3) is 0.421. The van der Waals surface area contributed by atoms with Gasteiger partial charge >= 0.3 is 5.97 Å². The molecule has 0 radical (unpaired) electrons. The van der Waals surface area contributed by atoms with Crippen molar-refractivity contribution in [2.75, 3.05) is 6.61 Å². The quantitative estimate of drug-likeness (QED) is 0.796. The molecule has 0 N–H and O–H groups in total. The lowest BCUT2D eigenvalue weighted by Gasteiger charge is -2.20. The molecule has 1 aliphatic heterocycles. The number of hydrogen-bond acceptors (Lipinski definition) is 3. The summed E-state index contributed by atoms with van der Waals surface area (Å²) in [5, 5.41) is 0. The Bertz CT molecular complexity index is 629. The predicted octanol–water partition coefficient (Wildman–Crippen LogP) is 3.62. The smallest absolute Gasteiger partial charge is 0.309 e. The van der Waals surface area contributed by atoms with Gasteiger partial charge in [-0.25, -0.2) is 0 Å². The number of esters is 1. The van der Waals surface area contributed by atoms with Gasteiger partial charge in [0.15, 0.2) is 0 Å². The number of ether oxygens (including phenoxy) is 2. The van der Waals surface area contributed by atoms with E-state index in [-0.39, 0.29) is 11.9 Å². The van der Waals surface area contributed by atoms with E-state index in [0.29, 0.717) is 18.4 Å². The second-order valence-corrected chi connectivity index (χ2v) is 6.31. The molecule has 1 fully saturated rings. The zero-order chi connectivity index (χ0) is 14.9. The molecule has 1 heterocycles. The molecule has 0 saturated heterocycles. The van der Waals surface area contributed by atoms with E-state index < -0.39 is 0 Å². The van der Waals surface area contributed by atoms with Crippen molar-refractivity contribution in [2.45, 2.75) is 25.9 Å². The predicted molar refractivity (Wildman–Crippen MR) is 82.7 cm³/mol. The number of rotatable bonds is 4. The normalized spacial score (nSPS) is 29.0. The van der Waals surface area contributed by atoms with Crippen LogP contribution in [0.5, 0.6) is 0 Å². The highest BCUT2D eigenvalue weighted by atomic mass is 16.5. The molecule has 3 aliphatic rings. The first-order valence-electron chi connectivity index (χ1n) is 8.07. The molecule has 0 aromatic heterocycles. The summed E-state index contributed by atoms with van der Waals surface area (Å²) in [6.07, 6.45) is 7.25. The molecular weight excluding hydrogens is 276 g/mol. The average Bonchev–Trinajstić information content (AvgIpc) is 3.18. The van der Waals surface area contributed by atoms with E-state index >= 15 is 0 Å². The van der Waals surface area contributed by atoms with Gasteiger partial charge in [0.25, 0.3) is 0 Å². The monoisotopic (exact) mass is 296 g/mol. The van der Waals surface area contributed by atoms with Crippen molar-refractivity contribution in [2.24, 2.45) is 17.8 Å². The second-order valence-electron chi connectivity index (χ2n) is 6.31. The van der Waals surface area contributed by atoms with Crippen LogP contribution in [0, 0.1) is 17.8 Å². The Labute approximate surface area is 130 Å². The minimum absolute atomic E-state index is 0.0273. The molecule has 0 spiro atoms. The Morgan fingerprint density at radius 2 is 2.09 bits per heavy atom. The summed E-state index contributed by atoms with van der Waals surface area (Å²) in [6, 6.07) is 9.86. The standard InChI is InChI=1S/C19H20O3/c20-19(22-12-13-5-2-1-3-6-13)15-9-8-14(16-11-17(15)16)18-7-4-10-21-18/h1-3,5-8,15-17H,4,9-12H2. The fourth-order valence-electron chi connectivity index (χ4n) is 3.61. The van der Waals surface area contributed by atoms with Crippen molar-refractivity contribution in [3.63, 3.8) is 0 Å². The molecule has 114 valence electrons. The van der Waals surface area contributed by atoms with Crippen LogP contribution in [0.25, 0.3) is 0 Å². The third-order valence-corrected chi connectivity index (χ3v) is 4.86. The SMILES string of the molecule is O=C(OCc1ccccc1)C1CC=C(C2=CCCO2)C2CC12. The minimum Gasteiger partial charge on any atom is -0.493 e. The molecule has 3 nitrogen and oxygen atoms in total. The van der Waals surface area contributed by atoms with Gasteiger partial charge in [-0.2, -0.15) is 0 Å². The van der Waals surface area contributed by atoms with Crippen LogP contribution in [0.4, 0.5) is 0 Å². The van der Waals surface area contributed by atoms with E-state index in [1.807, 2.05) is 30.3 Å². The highest BCUT2D eigenvalue weighted by molar-refractivity contribution is 5.74. The van der Waals surface area contributed by atoms with Gasteiger partial charge in [-0.1, -0.05) is 36.4 Å². The van der Waals surface area contributed by atoms with Crippen molar-refractivity contribution in [1.29, 1.82) is 0 Å². The third kappa shape index (κ3) is 2.56. The Kier molecular flexibility index (Phi) is 3.49. The van der Waals surface area contributed by atoms with E-state index in [4.69, 9.17) is 9.47 Å². The van der Waals surface area contributed by atoms with E-state index in [1.165, 1.54) is 5.57 Å². The summed E-state index contributed by atoms with van der Waals surface area (Å²) in [6.45, 7) is 1.17. The fourth-order valence-corrected chi connectivity index (χ4v) is 3.61. The number of carbonyl (C=O) groups excluding carboxylic acids is 1. The van der Waals surface area contributed by atoms with E-state index in [9.17, 15) is 4.79 Å². The molecular formula is C19H20O3. The molecule has 3 heteroatoms. The molecule has 1 aromatic carbocycles. The zero-order valence-electron chi connectivity index (χ0n) is 12.5. The molecule has 2 aliphatic carbocycles. The number of allylic oxidation sites excluding steroid dienone is 2. The van der Waals surface area contributed by atoms with Gasteiger partial charge in [0.1, 0.15) is 12.4 Å². The van der Waals surface area contributed by atoms with Crippen LogP contribution < -0.4 is 0 Å². The molecule has 1 aromatic rings. The maximum atomic E-state index is 12.3. The zero-order valence-corrected chi connectivity index (χ0v) is 12.5. The molecule has 4 rings (SSSR count). The summed E-state index contributed by atoms with van der Waals surface area (Å²) in [5.74, 6) is 2.00. The van der Waals surface area contributed by atoms with E-state index in [0.717, 1.165) is 37.2 Å². The lowest BCUT2D eigenvalue weighted by atomic mass is 9.89. The van der Waals surface area contributed by atoms with Crippen LogP contribution in [0.15, 0.2) is 53.8 Å². The molecule has 3 unspecified atom stereocenters.